The molecular weight excluding hydrogens is 379 g/mol. The first-order chi connectivity index (χ1) is 10.2. The van der Waals surface area contributed by atoms with Crippen LogP contribution in [0.25, 0.3) is 0 Å². The lowest BCUT2D eigenvalue weighted by atomic mass is 10.1. The second-order valence-corrected chi connectivity index (χ2v) is 5.62. The fourth-order valence-electron chi connectivity index (χ4n) is 1.70. The van der Waals surface area contributed by atoms with Crippen LogP contribution in [0.2, 0.25) is 0 Å². The van der Waals surface area contributed by atoms with Gasteiger partial charge in [0.25, 0.3) is 0 Å². The molecule has 0 heterocycles. The van der Waals surface area contributed by atoms with Crippen molar-refractivity contribution in [3.8, 4) is 5.75 Å². The number of rotatable bonds is 5. The van der Waals surface area contributed by atoms with Crippen LogP contribution in [0, 0.1) is 3.57 Å². The van der Waals surface area contributed by atoms with E-state index in [1.54, 1.807) is 13.3 Å². The largest absolute Gasteiger partial charge is 0.497 e. The lowest BCUT2D eigenvalue weighted by Gasteiger charge is -2.02. The number of hydrogen-bond acceptors (Lipinski definition) is 3. The van der Waals surface area contributed by atoms with Gasteiger partial charge in [-0.2, -0.15) is 5.10 Å². The third kappa shape index (κ3) is 5.18. The summed E-state index contributed by atoms with van der Waals surface area (Å²) in [6.45, 7) is 0. The maximum absolute atomic E-state index is 11.8. The van der Waals surface area contributed by atoms with E-state index in [1.165, 1.54) is 0 Å². The van der Waals surface area contributed by atoms with Crippen molar-refractivity contribution in [1.82, 2.24) is 5.43 Å². The summed E-state index contributed by atoms with van der Waals surface area (Å²) in [6, 6.07) is 15.3. The normalized spacial score (nSPS) is 10.6. The molecule has 2 aromatic carbocycles. The summed E-state index contributed by atoms with van der Waals surface area (Å²) in [6.07, 6.45) is 1.91. The fraction of sp³-hybridized carbons (Fsp3) is 0.125. The van der Waals surface area contributed by atoms with Gasteiger partial charge in [0.05, 0.1) is 19.7 Å². The summed E-state index contributed by atoms with van der Waals surface area (Å²) in [5.41, 5.74) is 4.38. The molecule has 0 aliphatic rings. The van der Waals surface area contributed by atoms with E-state index in [0.717, 1.165) is 20.4 Å². The van der Waals surface area contributed by atoms with Crippen molar-refractivity contribution in [1.29, 1.82) is 0 Å². The van der Waals surface area contributed by atoms with Gasteiger partial charge in [0.15, 0.2) is 0 Å². The molecule has 1 amide bonds. The molecule has 21 heavy (non-hydrogen) atoms. The van der Waals surface area contributed by atoms with Gasteiger partial charge in [-0.1, -0.05) is 24.3 Å². The molecule has 0 aliphatic carbocycles. The Labute approximate surface area is 137 Å². The third-order valence-corrected chi connectivity index (χ3v) is 3.52. The number of methoxy groups -OCH3 is 1. The highest BCUT2D eigenvalue weighted by Gasteiger charge is 2.02. The number of nitrogens with one attached hydrogen (secondary N) is 1. The molecule has 0 radical (unpaired) electrons. The maximum atomic E-state index is 11.8. The molecule has 0 aliphatic heterocycles. The first-order valence-electron chi connectivity index (χ1n) is 6.38. The van der Waals surface area contributed by atoms with Crippen LogP contribution in [0.4, 0.5) is 0 Å². The average Bonchev–Trinajstić information content (AvgIpc) is 2.50. The van der Waals surface area contributed by atoms with Gasteiger partial charge in [-0.25, -0.2) is 5.43 Å². The van der Waals surface area contributed by atoms with Crippen LogP contribution < -0.4 is 10.2 Å². The van der Waals surface area contributed by atoms with E-state index in [9.17, 15) is 4.79 Å². The Kier molecular flexibility index (Phi) is 5.74. The molecule has 0 bridgehead atoms. The van der Waals surface area contributed by atoms with Crippen molar-refractivity contribution >= 4 is 34.7 Å². The lowest BCUT2D eigenvalue weighted by molar-refractivity contribution is -0.120. The molecule has 2 rings (SSSR count). The number of hydrogen-bond donors (Lipinski definition) is 1. The highest BCUT2D eigenvalue weighted by Crippen LogP contribution is 2.11. The van der Waals surface area contributed by atoms with Crippen LogP contribution in [0.1, 0.15) is 11.1 Å². The van der Waals surface area contributed by atoms with Crippen molar-refractivity contribution in [2.24, 2.45) is 5.10 Å². The van der Waals surface area contributed by atoms with Crippen molar-refractivity contribution in [3.05, 3.63) is 63.2 Å². The van der Waals surface area contributed by atoms with Crippen molar-refractivity contribution in [3.63, 3.8) is 0 Å². The minimum Gasteiger partial charge on any atom is -0.497 e. The fourth-order valence-corrected chi connectivity index (χ4v) is 2.06. The Balaban J connectivity index is 1.85. The molecule has 0 spiro atoms. The molecule has 4 nitrogen and oxygen atoms in total. The molecule has 0 unspecified atom stereocenters. The summed E-state index contributed by atoms with van der Waals surface area (Å²) in [4.78, 5) is 11.8. The number of amides is 1. The molecule has 5 heteroatoms. The van der Waals surface area contributed by atoms with Crippen LogP contribution in [0.15, 0.2) is 53.6 Å². The molecule has 0 saturated carbocycles. The zero-order valence-corrected chi connectivity index (χ0v) is 13.7. The smallest absolute Gasteiger partial charge is 0.244 e. The van der Waals surface area contributed by atoms with E-state index in [0.29, 0.717) is 0 Å². The average molecular weight is 394 g/mol. The number of benzene rings is 2. The molecule has 0 fully saturated rings. The monoisotopic (exact) mass is 394 g/mol. The first-order valence-corrected chi connectivity index (χ1v) is 7.45. The minimum atomic E-state index is -0.151. The van der Waals surface area contributed by atoms with Gasteiger partial charge in [0.1, 0.15) is 5.75 Å². The standard InChI is InChI=1S/C16H15IN2O2/c1-21-15-8-4-12(5-9-15)10-16(20)19-18-11-13-2-6-14(17)7-3-13/h2-9,11H,10H2,1H3,(H,19,20)/b18-11-. The van der Waals surface area contributed by atoms with Crippen molar-refractivity contribution in [2.75, 3.05) is 7.11 Å². The highest BCUT2D eigenvalue weighted by molar-refractivity contribution is 14.1. The van der Waals surface area contributed by atoms with Gasteiger partial charge in [0.2, 0.25) is 5.91 Å². The third-order valence-electron chi connectivity index (χ3n) is 2.80. The van der Waals surface area contributed by atoms with Crippen molar-refractivity contribution in [2.45, 2.75) is 6.42 Å². The van der Waals surface area contributed by atoms with E-state index < -0.39 is 0 Å². The number of ether oxygens (including phenoxy) is 1. The number of carbonyl (C=O) groups is 1. The second kappa shape index (κ2) is 7.78. The molecule has 0 aromatic heterocycles. The highest BCUT2D eigenvalue weighted by atomic mass is 127. The van der Waals surface area contributed by atoms with Gasteiger partial charge < -0.3 is 4.74 Å². The van der Waals surface area contributed by atoms with Crippen LogP contribution in [0.5, 0.6) is 5.75 Å². The Morgan fingerprint density at radius 2 is 1.86 bits per heavy atom. The number of hydrazone groups is 1. The molecule has 0 saturated heterocycles. The summed E-state index contributed by atoms with van der Waals surface area (Å²) in [7, 11) is 1.61. The van der Waals surface area contributed by atoms with E-state index >= 15 is 0 Å². The van der Waals surface area contributed by atoms with Crippen LogP contribution in [-0.4, -0.2) is 19.2 Å². The van der Waals surface area contributed by atoms with E-state index in [1.807, 2.05) is 48.5 Å². The van der Waals surface area contributed by atoms with Crippen LogP contribution in [0.3, 0.4) is 0 Å². The zero-order valence-electron chi connectivity index (χ0n) is 11.5. The SMILES string of the molecule is COc1ccc(CC(=O)N/N=C\c2ccc(I)cc2)cc1. The Hall–Kier alpha value is -1.89. The minimum absolute atomic E-state index is 0.151. The van der Waals surface area contributed by atoms with E-state index in [4.69, 9.17) is 4.74 Å². The molecular formula is C16H15IN2O2. The summed E-state index contributed by atoms with van der Waals surface area (Å²) >= 11 is 2.24. The van der Waals surface area contributed by atoms with Gasteiger partial charge in [-0.3, -0.25) is 4.79 Å². The van der Waals surface area contributed by atoms with E-state index in [-0.39, 0.29) is 12.3 Å². The van der Waals surface area contributed by atoms with Gasteiger partial charge in [0, 0.05) is 3.57 Å². The van der Waals surface area contributed by atoms with Crippen LogP contribution in [-0.2, 0) is 11.2 Å². The zero-order chi connectivity index (χ0) is 15.1. The second-order valence-electron chi connectivity index (χ2n) is 4.37. The quantitative estimate of drug-likeness (QED) is 0.482. The van der Waals surface area contributed by atoms with Gasteiger partial charge >= 0.3 is 0 Å². The molecule has 108 valence electrons. The summed E-state index contributed by atoms with van der Waals surface area (Å²) in [5.74, 6) is 0.623. The lowest BCUT2D eigenvalue weighted by Crippen LogP contribution is -2.19. The first kappa shape index (κ1) is 15.5. The van der Waals surface area contributed by atoms with E-state index in [2.05, 4.69) is 33.1 Å². The Morgan fingerprint density at radius 3 is 2.48 bits per heavy atom. The summed E-state index contributed by atoms with van der Waals surface area (Å²) < 4.78 is 6.23. The Morgan fingerprint density at radius 1 is 1.19 bits per heavy atom. The van der Waals surface area contributed by atoms with Crippen molar-refractivity contribution < 1.29 is 9.53 Å². The Bertz CT molecular complexity index is 622. The van der Waals surface area contributed by atoms with Crippen LogP contribution >= 0.6 is 22.6 Å². The maximum Gasteiger partial charge on any atom is 0.244 e. The molecule has 1 N–H and O–H groups in total. The number of carbonyl (C=O) groups excluding carboxylic acids is 1. The van der Waals surface area contributed by atoms with Gasteiger partial charge in [-0.05, 0) is 58.0 Å². The van der Waals surface area contributed by atoms with Gasteiger partial charge in [-0.15, -0.1) is 0 Å². The molecule has 2 aromatic rings. The summed E-state index contributed by atoms with van der Waals surface area (Å²) in [5, 5.41) is 3.95. The predicted molar refractivity (Wildman–Crippen MR) is 91.6 cm³/mol. The number of halogens is 1. The predicted octanol–water partition coefficient (Wildman–Crippen LogP) is 2.99. The number of nitrogens with zero attached hydrogens (tertiary/aromatic N) is 1. The molecule has 0 atom stereocenters. The topological polar surface area (TPSA) is 50.7 Å².